The molecule has 1 unspecified atom stereocenters. The van der Waals surface area contributed by atoms with Crippen molar-refractivity contribution in [3.63, 3.8) is 0 Å². The standard InChI is InChI=1S/C13H17N3O/c1-9(2)12-15-14-11(13(17)16(12)3)10-7-5-4-6-8-10/h4-9,12,17H,1-3H3. The van der Waals surface area contributed by atoms with E-state index in [1.165, 1.54) is 0 Å². The maximum Gasteiger partial charge on any atom is 0.217 e. The summed E-state index contributed by atoms with van der Waals surface area (Å²) in [5.41, 5.74) is 1.41. The normalized spacial score (nSPS) is 20.2. The molecule has 90 valence electrons. The van der Waals surface area contributed by atoms with E-state index in [9.17, 15) is 5.11 Å². The third-order valence-corrected chi connectivity index (χ3v) is 2.86. The SMILES string of the molecule is CC(C)C1N=NC(c2ccccc2)=C(O)N1C. The van der Waals surface area contributed by atoms with Gasteiger partial charge in [-0.2, -0.15) is 5.11 Å². The molecule has 1 atom stereocenters. The maximum atomic E-state index is 10.2. The van der Waals surface area contributed by atoms with Crippen molar-refractivity contribution < 1.29 is 5.11 Å². The number of aliphatic hydroxyl groups is 1. The van der Waals surface area contributed by atoms with E-state index in [2.05, 4.69) is 24.1 Å². The average molecular weight is 231 g/mol. The monoisotopic (exact) mass is 231 g/mol. The minimum Gasteiger partial charge on any atom is -0.493 e. The van der Waals surface area contributed by atoms with Crippen LogP contribution < -0.4 is 0 Å². The van der Waals surface area contributed by atoms with Gasteiger partial charge in [0.05, 0.1) is 0 Å². The van der Waals surface area contributed by atoms with Crippen LogP contribution in [-0.2, 0) is 0 Å². The fraction of sp³-hybridized carbons (Fsp3) is 0.385. The van der Waals surface area contributed by atoms with E-state index in [0.29, 0.717) is 11.6 Å². The fourth-order valence-electron chi connectivity index (χ4n) is 1.89. The highest BCUT2D eigenvalue weighted by Crippen LogP contribution is 2.29. The molecule has 2 rings (SSSR count). The van der Waals surface area contributed by atoms with Crippen LogP contribution in [0.5, 0.6) is 0 Å². The number of hydrogen-bond donors (Lipinski definition) is 1. The Kier molecular flexibility index (Phi) is 3.13. The highest BCUT2D eigenvalue weighted by atomic mass is 16.3. The molecule has 1 N–H and O–H groups in total. The van der Waals surface area contributed by atoms with Crippen LogP contribution in [0.3, 0.4) is 0 Å². The molecule has 0 aromatic heterocycles. The van der Waals surface area contributed by atoms with Crippen molar-refractivity contribution in [2.75, 3.05) is 7.05 Å². The van der Waals surface area contributed by atoms with Crippen molar-refractivity contribution in [1.82, 2.24) is 4.90 Å². The Hall–Kier alpha value is -1.84. The molecule has 0 fully saturated rings. The lowest BCUT2D eigenvalue weighted by atomic mass is 10.1. The topological polar surface area (TPSA) is 48.2 Å². The molecule has 1 aliphatic heterocycles. The molecule has 0 bridgehead atoms. The summed E-state index contributed by atoms with van der Waals surface area (Å²) in [6.07, 6.45) is -0.0949. The van der Waals surface area contributed by atoms with E-state index in [1.807, 2.05) is 37.4 Å². The van der Waals surface area contributed by atoms with E-state index in [4.69, 9.17) is 0 Å². The van der Waals surface area contributed by atoms with Crippen LogP contribution in [0.4, 0.5) is 0 Å². The van der Waals surface area contributed by atoms with E-state index in [1.54, 1.807) is 4.90 Å². The zero-order valence-electron chi connectivity index (χ0n) is 10.3. The minimum atomic E-state index is -0.0949. The molecular weight excluding hydrogens is 214 g/mol. The van der Waals surface area contributed by atoms with Crippen molar-refractivity contribution in [3.8, 4) is 0 Å². The van der Waals surface area contributed by atoms with Gasteiger partial charge in [-0.3, -0.25) is 0 Å². The third kappa shape index (κ3) is 2.16. The molecule has 0 saturated carbocycles. The largest absolute Gasteiger partial charge is 0.493 e. The van der Waals surface area contributed by atoms with Gasteiger partial charge in [0, 0.05) is 12.6 Å². The van der Waals surface area contributed by atoms with Crippen molar-refractivity contribution in [2.45, 2.75) is 20.0 Å². The van der Waals surface area contributed by atoms with Gasteiger partial charge in [0.2, 0.25) is 5.88 Å². The van der Waals surface area contributed by atoms with Crippen LogP contribution in [0.15, 0.2) is 46.4 Å². The van der Waals surface area contributed by atoms with Crippen molar-refractivity contribution in [1.29, 1.82) is 0 Å². The second-order valence-corrected chi connectivity index (χ2v) is 4.52. The Morgan fingerprint density at radius 3 is 2.47 bits per heavy atom. The summed E-state index contributed by atoms with van der Waals surface area (Å²) in [6.45, 7) is 4.11. The van der Waals surface area contributed by atoms with Crippen molar-refractivity contribution >= 4 is 5.70 Å². The summed E-state index contributed by atoms with van der Waals surface area (Å²) < 4.78 is 0. The van der Waals surface area contributed by atoms with E-state index >= 15 is 0 Å². The van der Waals surface area contributed by atoms with Gasteiger partial charge in [0.25, 0.3) is 0 Å². The Bertz CT molecular complexity index is 451. The number of azo groups is 1. The van der Waals surface area contributed by atoms with Gasteiger partial charge < -0.3 is 10.0 Å². The molecule has 0 amide bonds. The maximum absolute atomic E-state index is 10.2. The fourth-order valence-corrected chi connectivity index (χ4v) is 1.89. The number of nitrogens with zero attached hydrogens (tertiary/aromatic N) is 3. The molecule has 0 saturated heterocycles. The predicted octanol–water partition coefficient (Wildman–Crippen LogP) is 3.25. The summed E-state index contributed by atoms with van der Waals surface area (Å²) >= 11 is 0. The van der Waals surface area contributed by atoms with Gasteiger partial charge in [-0.25, -0.2) is 0 Å². The molecule has 1 aliphatic rings. The van der Waals surface area contributed by atoms with Gasteiger partial charge in [0.15, 0.2) is 5.70 Å². The molecule has 17 heavy (non-hydrogen) atoms. The summed E-state index contributed by atoms with van der Waals surface area (Å²) in [5.74, 6) is 0.494. The van der Waals surface area contributed by atoms with Crippen LogP contribution in [0, 0.1) is 5.92 Å². The Morgan fingerprint density at radius 2 is 1.88 bits per heavy atom. The number of hydrogen-bond acceptors (Lipinski definition) is 4. The second-order valence-electron chi connectivity index (χ2n) is 4.52. The Balaban J connectivity index is 2.36. The molecule has 0 spiro atoms. The molecule has 1 aromatic rings. The van der Waals surface area contributed by atoms with Crippen LogP contribution in [0.25, 0.3) is 5.70 Å². The van der Waals surface area contributed by atoms with Gasteiger partial charge >= 0.3 is 0 Å². The van der Waals surface area contributed by atoms with Gasteiger partial charge in [-0.05, 0) is 5.92 Å². The predicted molar refractivity (Wildman–Crippen MR) is 67.2 cm³/mol. The van der Waals surface area contributed by atoms with Crippen LogP contribution >= 0.6 is 0 Å². The van der Waals surface area contributed by atoms with Crippen LogP contribution in [-0.4, -0.2) is 23.2 Å². The first kappa shape index (κ1) is 11.6. The first-order valence-corrected chi connectivity index (χ1v) is 5.73. The van der Waals surface area contributed by atoms with E-state index in [0.717, 1.165) is 5.56 Å². The summed E-state index contributed by atoms with van der Waals surface area (Å²) in [6, 6.07) is 9.59. The Morgan fingerprint density at radius 1 is 1.24 bits per heavy atom. The summed E-state index contributed by atoms with van der Waals surface area (Å²) in [5, 5.41) is 18.6. The van der Waals surface area contributed by atoms with Gasteiger partial charge in [0.1, 0.15) is 6.17 Å². The van der Waals surface area contributed by atoms with Gasteiger partial charge in [-0.15, -0.1) is 5.11 Å². The quantitative estimate of drug-likeness (QED) is 0.849. The molecule has 0 radical (unpaired) electrons. The molecule has 4 heteroatoms. The van der Waals surface area contributed by atoms with Gasteiger partial charge in [-0.1, -0.05) is 44.2 Å². The molecule has 4 nitrogen and oxygen atoms in total. The first-order valence-electron chi connectivity index (χ1n) is 5.73. The van der Waals surface area contributed by atoms with E-state index < -0.39 is 0 Å². The third-order valence-electron chi connectivity index (χ3n) is 2.86. The average Bonchev–Trinajstić information content (AvgIpc) is 2.33. The van der Waals surface area contributed by atoms with Crippen molar-refractivity contribution in [3.05, 3.63) is 41.8 Å². The Labute approximate surface area is 101 Å². The molecule has 1 heterocycles. The highest BCUT2D eigenvalue weighted by molar-refractivity contribution is 5.65. The molecule has 1 aromatic carbocycles. The van der Waals surface area contributed by atoms with Crippen LogP contribution in [0.1, 0.15) is 19.4 Å². The van der Waals surface area contributed by atoms with Crippen molar-refractivity contribution in [2.24, 2.45) is 16.1 Å². The minimum absolute atomic E-state index is 0.0949. The van der Waals surface area contributed by atoms with Crippen LogP contribution in [0.2, 0.25) is 0 Å². The lowest BCUT2D eigenvalue weighted by Crippen LogP contribution is -2.35. The number of aliphatic hydroxyl groups excluding tert-OH is 1. The summed E-state index contributed by atoms with van der Waals surface area (Å²) in [7, 11) is 1.83. The number of rotatable bonds is 2. The first-order chi connectivity index (χ1) is 8.11. The number of benzene rings is 1. The summed E-state index contributed by atoms with van der Waals surface area (Å²) in [4.78, 5) is 1.76. The smallest absolute Gasteiger partial charge is 0.217 e. The second kappa shape index (κ2) is 4.57. The lowest BCUT2D eigenvalue weighted by molar-refractivity contribution is 0.145. The lowest BCUT2D eigenvalue weighted by Gasteiger charge is -2.31. The molecule has 0 aliphatic carbocycles. The zero-order chi connectivity index (χ0) is 12.4. The van der Waals surface area contributed by atoms with E-state index in [-0.39, 0.29) is 12.0 Å². The molecular formula is C13H17N3O. The zero-order valence-corrected chi connectivity index (χ0v) is 10.3. The highest BCUT2D eigenvalue weighted by Gasteiger charge is 2.26.